The molecule has 0 saturated heterocycles. The fourth-order valence-corrected chi connectivity index (χ4v) is 3.14. The summed E-state index contributed by atoms with van der Waals surface area (Å²) in [6, 6.07) is 0. The molecular weight excluding hydrogens is 296 g/mol. The summed E-state index contributed by atoms with van der Waals surface area (Å²) in [5, 5.41) is 0.948. The van der Waals surface area contributed by atoms with Crippen LogP contribution in [0.15, 0.2) is 0 Å². The molecule has 0 radical (unpaired) electrons. The van der Waals surface area contributed by atoms with Crippen LogP contribution >= 0.6 is 15.9 Å². The zero-order chi connectivity index (χ0) is 13.1. The van der Waals surface area contributed by atoms with Crippen LogP contribution < -0.4 is 0 Å². The molecular formula is C14H27BrO3. The monoisotopic (exact) mass is 322 g/mol. The third-order valence-corrected chi connectivity index (χ3v) is 4.55. The SMILES string of the molecule is COCCCOCCOC1(CBr)CCCCCC1. The molecule has 0 aromatic heterocycles. The molecule has 0 bridgehead atoms. The third kappa shape index (κ3) is 6.50. The molecule has 0 N–H and O–H groups in total. The number of hydrogen-bond acceptors (Lipinski definition) is 3. The van der Waals surface area contributed by atoms with Gasteiger partial charge in [-0.3, -0.25) is 0 Å². The molecule has 0 aromatic rings. The molecule has 0 spiro atoms. The molecule has 108 valence electrons. The van der Waals surface area contributed by atoms with Crippen LogP contribution in [0, 0.1) is 0 Å². The van der Waals surface area contributed by atoms with Gasteiger partial charge in [0.2, 0.25) is 0 Å². The number of halogens is 1. The summed E-state index contributed by atoms with van der Waals surface area (Å²) in [5.41, 5.74) is 0.0619. The Labute approximate surface area is 120 Å². The first-order valence-corrected chi connectivity index (χ1v) is 8.22. The van der Waals surface area contributed by atoms with Crippen LogP contribution in [-0.4, -0.2) is 44.5 Å². The maximum Gasteiger partial charge on any atom is 0.0780 e. The Kier molecular flexibility index (Phi) is 9.29. The van der Waals surface area contributed by atoms with Crippen LogP contribution in [0.4, 0.5) is 0 Å². The highest BCUT2D eigenvalue weighted by Gasteiger charge is 2.30. The van der Waals surface area contributed by atoms with Gasteiger partial charge in [0.25, 0.3) is 0 Å². The summed E-state index contributed by atoms with van der Waals surface area (Å²) in [6.45, 7) is 2.93. The Morgan fingerprint density at radius 3 is 2.28 bits per heavy atom. The Morgan fingerprint density at radius 2 is 1.67 bits per heavy atom. The van der Waals surface area contributed by atoms with E-state index in [1.165, 1.54) is 38.5 Å². The Bertz CT molecular complexity index is 191. The molecule has 18 heavy (non-hydrogen) atoms. The summed E-state index contributed by atoms with van der Waals surface area (Å²) in [7, 11) is 1.72. The maximum atomic E-state index is 6.10. The zero-order valence-electron chi connectivity index (χ0n) is 11.6. The van der Waals surface area contributed by atoms with Crippen LogP contribution in [0.1, 0.15) is 44.9 Å². The summed E-state index contributed by atoms with van der Waals surface area (Å²) >= 11 is 3.62. The largest absolute Gasteiger partial charge is 0.385 e. The van der Waals surface area contributed by atoms with Crippen LogP contribution in [0.25, 0.3) is 0 Å². The van der Waals surface area contributed by atoms with Gasteiger partial charge in [-0.2, -0.15) is 0 Å². The highest BCUT2D eigenvalue weighted by Crippen LogP contribution is 2.32. The minimum absolute atomic E-state index is 0.0619. The standard InChI is InChI=1S/C14H27BrO3/c1-16-9-6-10-17-11-12-18-14(13-15)7-4-2-3-5-8-14/h2-13H2,1H3. The van der Waals surface area contributed by atoms with E-state index in [2.05, 4.69) is 15.9 Å². The van der Waals surface area contributed by atoms with Crippen molar-refractivity contribution in [2.24, 2.45) is 0 Å². The van der Waals surface area contributed by atoms with Crippen molar-refractivity contribution < 1.29 is 14.2 Å². The second kappa shape index (κ2) is 10.2. The van der Waals surface area contributed by atoms with Crippen molar-refractivity contribution in [2.45, 2.75) is 50.5 Å². The molecule has 1 aliphatic rings. The van der Waals surface area contributed by atoms with Crippen LogP contribution in [-0.2, 0) is 14.2 Å². The van der Waals surface area contributed by atoms with Gasteiger partial charge in [-0.15, -0.1) is 0 Å². The maximum absolute atomic E-state index is 6.10. The van der Waals surface area contributed by atoms with E-state index < -0.39 is 0 Å². The highest BCUT2D eigenvalue weighted by atomic mass is 79.9. The lowest BCUT2D eigenvalue weighted by Gasteiger charge is -2.31. The first-order valence-electron chi connectivity index (χ1n) is 7.09. The number of hydrogen-bond donors (Lipinski definition) is 0. The summed E-state index contributed by atoms with van der Waals surface area (Å²) < 4.78 is 16.6. The van der Waals surface area contributed by atoms with Gasteiger partial charge in [0.05, 0.1) is 18.8 Å². The average Bonchev–Trinajstić information content (AvgIpc) is 2.64. The van der Waals surface area contributed by atoms with Crippen molar-refractivity contribution in [3.63, 3.8) is 0 Å². The van der Waals surface area contributed by atoms with E-state index >= 15 is 0 Å². The molecule has 3 nitrogen and oxygen atoms in total. The fraction of sp³-hybridized carbons (Fsp3) is 1.00. The van der Waals surface area contributed by atoms with Crippen molar-refractivity contribution in [3.8, 4) is 0 Å². The van der Waals surface area contributed by atoms with Crippen molar-refractivity contribution in [1.29, 1.82) is 0 Å². The molecule has 1 saturated carbocycles. The van der Waals surface area contributed by atoms with Crippen molar-refractivity contribution in [2.75, 3.05) is 38.9 Å². The van der Waals surface area contributed by atoms with Gasteiger partial charge in [0.15, 0.2) is 0 Å². The lowest BCUT2D eigenvalue weighted by molar-refractivity contribution is -0.0620. The van der Waals surface area contributed by atoms with Crippen LogP contribution in [0.3, 0.4) is 0 Å². The molecule has 1 rings (SSSR count). The van der Waals surface area contributed by atoms with Crippen LogP contribution in [0.2, 0.25) is 0 Å². The lowest BCUT2D eigenvalue weighted by Crippen LogP contribution is -2.35. The molecule has 1 aliphatic carbocycles. The first-order chi connectivity index (χ1) is 8.83. The van der Waals surface area contributed by atoms with Gasteiger partial charge < -0.3 is 14.2 Å². The molecule has 0 amide bonds. The number of methoxy groups -OCH3 is 1. The van der Waals surface area contributed by atoms with E-state index in [0.717, 1.165) is 25.0 Å². The second-order valence-electron chi connectivity index (χ2n) is 5.04. The molecule has 1 fully saturated rings. The normalized spacial score (nSPS) is 19.7. The molecule has 0 atom stereocenters. The lowest BCUT2D eigenvalue weighted by atomic mass is 9.97. The van der Waals surface area contributed by atoms with E-state index in [9.17, 15) is 0 Å². The minimum atomic E-state index is 0.0619. The molecule has 4 heteroatoms. The first kappa shape index (κ1) is 16.4. The molecule has 0 aromatic carbocycles. The summed E-state index contributed by atoms with van der Waals surface area (Å²) in [6.07, 6.45) is 8.61. The Balaban J connectivity index is 2.10. The van der Waals surface area contributed by atoms with Crippen molar-refractivity contribution in [3.05, 3.63) is 0 Å². The fourth-order valence-electron chi connectivity index (χ4n) is 2.41. The average molecular weight is 323 g/mol. The number of ether oxygens (including phenoxy) is 3. The Morgan fingerprint density at radius 1 is 0.944 bits per heavy atom. The third-order valence-electron chi connectivity index (χ3n) is 3.53. The second-order valence-corrected chi connectivity index (χ2v) is 5.60. The van der Waals surface area contributed by atoms with Crippen molar-refractivity contribution >= 4 is 15.9 Å². The molecule has 0 unspecified atom stereocenters. The Hall–Kier alpha value is 0.360. The highest BCUT2D eigenvalue weighted by molar-refractivity contribution is 9.09. The minimum Gasteiger partial charge on any atom is -0.385 e. The van der Waals surface area contributed by atoms with E-state index in [1.807, 2.05) is 0 Å². The predicted octanol–water partition coefficient (Wildman–Crippen LogP) is 3.54. The van der Waals surface area contributed by atoms with Gasteiger partial charge in [-0.1, -0.05) is 41.6 Å². The molecule has 0 aliphatic heterocycles. The van der Waals surface area contributed by atoms with E-state index in [1.54, 1.807) is 7.11 Å². The van der Waals surface area contributed by atoms with Gasteiger partial charge in [0.1, 0.15) is 0 Å². The van der Waals surface area contributed by atoms with Gasteiger partial charge in [0, 0.05) is 25.7 Å². The summed E-state index contributed by atoms with van der Waals surface area (Å²) in [5.74, 6) is 0. The smallest absolute Gasteiger partial charge is 0.0780 e. The number of alkyl halides is 1. The zero-order valence-corrected chi connectivity index (χ0v) is 13.2. The summed E-state index contributed by atoms with van der Waals surface area (Å²) in [4.78, 5) is 0. The molecule has 0 heterocycles. The van der Waals surface area contributed by atoms with E-state index in [4.69, 9.17) is 14.2 Å². The van der Waals surface area contributed by atoms with Crippen molar-refractivity contribution in [1.82, 2.24) is 0 Å². The van der Waals surface area contributed by atoms with E-state index in [0.29, 0.717) is 13.2 Å². The van der Waals surface area contributed by atoms with Gasteiger partial charge >= 0.3 is 0 Å². The van der Waals surface area contributed by atoms with Crippen LogP contribution in [0.5, 0.6) is 0 Å². The van der Waals surface area contributed by atoms with E-state index in [-0.39, 0.29) is 5.60 Å². The van der Waals surface area contributed by atoms with Gasteiger partial charge in [-0.05, 0) is 19.3 Å². The quantitative estimate of drug-likeness (QED) is 0.369. The topological polar surface area (TPSA) is 27.7 Å². The number of rotatable bonds is 9. The predicted molar refractivity (Wildman–Crippen MR) is 77.5 cm³/mol. The van der Waals surface area contributed by atoms with Gasteiger partial charge in [-0.25, -0.2) is 0 Å².